The molecule has 13 rings (SSSR count). The van der Waals surface area contributed by atoms with E-state index in [-0.39, 0.29) is 42.4 Å². The van der Waals surface area contributed by atoms with Crippen molar-refractivity contribution >= 4 is 17.7 Å². The van der Waals surface area contributed by atoms with Crippen molar-refractivity contribution < 1.29 is 33.3 Å². The van der Waals surface area contributed by atoms with Gasteiger partial charge in [-0.25, -0.2) is 0 Å². The van der Waals surface area contributed by atoms with E-state index < -0.39 is 23.4 Å². The molecule has 0 aromatic heterocycles. The Hall–Kier alpha value is -1.47. The van der Waals surface area contributed by atoms with E-state index >= 15 is 0 Å². The van der Waals surface area contributed by atoms with Crippen LogP contribution in [0.2, 0.25) is 0 Å². The lowest BCUT2D eigenvalue weighted by Gasteiger charge is -2.58. The fourth-order valence-corrected chi connectivity index (χ4v) is 14.1. The molecule has 1 aliphatic heterocycles. The Balaban J connectivity index is 0.869. The van der Waals surface area contributed by atoms with Gasteiger partial charge in [-0.1, -0.05) is 0 Å². The van der Waals surface area contributed by atoms with Gasteiger partial charge in [-0.2, -0.15) is 0 Å². The number of rotatable bonds is 6. The van der Waals surface area contributed by atoms with Gasteiger partial charge in [0.15, 0.2) is 5.79 Å². The Morgan fingerprint density at radius 1 is 0.558 bits per heavy atom. The van der Waals surface area contributed by atoms with Crippen LogP contribution < -0.4 is 0 Å². The van der Waals surface area contributed by atoms with E-state index in [1.807, 2.05) is 0 Å². The van der Waals surface area contributed by atoms with E-state index in [0.717, 1.165) is 76.0 Å². The summed E-state index contributed by atoms with van der Waals surface area (Å²) in [5.41, 5.74) is -0.808. The van der Waals surface area contributed by atoms with Crippen molar-refractivity contribution in [3.05, 3.63) is 0 Å². The highest BCUT2D eigenvalue weighted by molar-refractivity contribution is 5.89. The monoisotopic (exact) mass is 592 g/mol. The normalized spacial score (nSPS) is 56.3. The smallest absolute Gasteiger partial charge is 0.312 e. The maximum Gasteiger partial charge on any atom is 0.312 e. The van der Waals surface area contributed by atoms with Gasteiger partial charge in [-0.3, -0.25) is 14.4 Å². The molecule has 4 unspecified atom stereocenters. The SMILES string of the molecule is O=C1C2CC3CC1CC(C(=O)OCC1OC4(OC1COC(=O)C15CC6CC(CC(C6)C1)C5)C1CC5CC(C1)CC4C5)(C3)C2. The summed E-state index contributed by atoms with van der Waals surface area (Å²) in [6.45, 7) is 0.324. The van der Waals surface area contributed by atoms with Crippen LogP contribution in [0.3, 0.4) is 0 Å². The van der Waals surface area contributed by atoms with Gasteiger partial charge >= 0.3 is 11.9 Å². The van der Waals surface area contributed by atoms with Crippen molar-refractivity contribution in [2.45, 2.75) is 121 Å². The van der Waals surface area contributed by atoms with Crippen molar-refractivity contribution in [3.8, 4) is 0 Å². The zero-order valence-electron chi connectivity index (χ0n) is 25.5. The van der Waals surface area contributed by atoms with Gasteiger partial charge < -0.3 is 18.9 Å². The Morgan fingerprint density at radius 2 is 0.953 bits per heavy atom. The van der Waals surface area contributed by atoms with E-state index in [0.29, 0.717) is 54.1 Å². The van der Waals surface area contributed by atoms with Crippen LogP contribution in [-0.4, -0.2) is 48.9 Å². The first kappa shape index (κ1) is 26.7. The molecule has 4 atom stereocenters. The van der Waals surface area contributed by atoms with Crippen LogP contribution >= 0.6 is 0 Å². The van der Waals surface area contributed by atoms with Gasteiger partial charge in [0, 0.05) is 23.7 Å². The van der Waals surface area contributed by atoms with Crippen molar-refractivity contribution in [1.82, 2.24) is 0 Å². The molecule has 12 aliphatic carbocycles. The van der Waals surface area contributed by atoms with E-state index in [4.69, 9.17) is 18.9 Å². The zero-order chi connectivity index (χ0) is 28.7. The molecule has 0 aromatic carbocycles. The highest BCUT2D eigenvalue weighted by Gasteiger charge is 2.65. The third-order valence-electron chi connectivity index (χ3n) is 15.0. The Labute approximate surface area is 254 Å². The van der Waals surface area contributed by atoms with Gasteiger partial charge in [0.1, 0.15) is 31.2 Å². The number of ether oxygens (including phenoxy) is 4. The largest absolute Gasteiger partial charge is 0.462 e. The molecule has 234 valence electrons. The molecule has 12 saturated carbocycles. The highest BCUT2D eigenvalue weighted by Crippen LogP contribution is 2.64. The van der Waals surface area contributed by atoms with E-state index in [1.54, 1.807) is 0 Å². The summed E-state index contributed by atoms with van der Waals surface area (Å²) in [6, 6.07) is 0. The number of hydrogen-bond acceptors (Lipinski definition) is 7. The average Bonchev–Trinajstić information content (AvgIpc) is 3.34. The number of ketones is 1. The fourth-order valence-electron chi connectivity index (χ4n) is 14.1. The summed E-state index contributed by atoms with van der Waals surface area (Å²) in [5, 5.41) is 0. The lowest BCUT2D eigenvalue weighted by molar-refractivity contribution is -0.301. The first-order valence-electron chi connectivity index (χ1n) is 18.0. The van der Waals surface area contributed by atoms with Crippen LogP contribution in [0.15, 0.2) is 0 Å². The number of Topliss-reactive ketones (excluding diaryl/α,β-unsaturated/α-hetero) is 1. The third-order valence-corrected chi connectivity index (χ3v) is 15.0. The predicted molar refractivity (Wildman–Crippen MR) is 153 cm³/mol. The minimum atomic E-state index is -0.630. The predicted octanol–water partition coefficient (Wildman–Crippen LogP) is 5.62. The van der Waals surface area contributed by atoms with Gasteiger partial charge in [0.2, 0.25) is 0 Å². The molecule has 7 heteroatoms. The molecule has 1 saturated heterocycles. The van der Waals surface area contributed by atoms with Crippen molar-refractivity contribution in [2.24, 2.45) is 70.0 Å². The second-order valence-corrected chi connectivity index (χ2v) is 17.8. The van der Waals surface area contributed by atoms with Crippen molar-refractivity contribution in [3.63, 3.8) is 0 Å². The van der Waals surface area contributed by atoms with Gasteiger partial charge in [0.05, 0.1) is 10.8 Å². The van der Waals surface area contributed by atoms with E-state index in [9.17, 15) is 14.4 Å². The van der Waals surface area contributed by atoms with Crippen LogP contribution in [0.4, 0.5) is 0 Å². The maximum absolute atomic E-state index is 13.8. The van der Waals surface area contributed by atoms with E-state index in [1.165, 1.54) is 25.7 Å². The van der Waals surface area contributed by atoms with Crippen LogP contribution in [0.1, 0.15) is 103 Å². The molecular weight excluding hydrogens is 544 g/mol. The van der Waals surface area contributed by atoms with Crippen molar-refractivity contribution in [2.75, 3.05) is 13.2 Å². The van der Waals surface area contributed by atoms with Crippen LogP contribution in [-0.2, 0) is 33.3 Å². The highest BCUT2D eigenvalue weighted by atomic mass is 16.8. The topological polar surface area (TPSA) is 88.1 Å². The van der Waals surface area contributed by atoms with Crippen LogP contribution in [0.25, 0.3) is 0 Å². The molecule has 13 fully saturated rings. The van der Waals surface area contributed by atoms with E-state index in [2.05, 4.69) is 0 Å². The molecule has 0 amide bonds. The lowest BCUT2D eigenvalue weighted by Crippen LogP contribution is -2.58. The molecule has 13 aliphatic rings. The number of esters is 2. The summed E-state index contributed by atoms with van der Waals surface area (Å²) < 4.78 is 26.3. The summed E-state index contributed by atoms with van der Waals surface area (Å²) in [4.78, 5) is 40.3. The third kappa shape index (κ3) is 3.88. The fraction of sp³-hybridized carbons (Fsp3) is 0.917. The number of carbonyl (C=O) groups excluding carboxylic acids is 3. The standard InChI is InChI=1S/C36H48O7/c37-31-25-5-24-6-26(31)16-35(14-24,15-25)33(39)41-18-30-29(42-36(43-30)27-7-19-1-20(9-27)10-28(36)8-19)17-40-32(38)34-11-21-2-22(12-34)4-23(3-21)13-34/h19-30H,1-18H2. The summed E-state index contributed by atoms with van der Waals surface area (Å²) >= 11 is 0. The molecule has 12 bridgehead atoms. The summed E-state index contributed by atoms with van der Waals surface area (Å²) in [7, 11) is 0. The molecular formula is C36H48O7. The number of carbonyl (C=O) groups is 3. The molecule has 0 radical (unpaired) electrons. The van der Waals surface area contributed by atoms with Gasteiger partial charge in [-0.15, -0.1) is 0 Å². The zero-order valence-corrected chi connectivity index (χ0v) is 25.5. The Bertz CT molecular complexity index is 1160. The van der Waals surface area contributed by atoms with Gasteiger partial charge in [0.25, 0.3) is 0 Å². The lowest BCUT2D eigenvalue weighted by atomic mass is 9.49. The average molecular weight is 593 g/mol. The summed E-state index contributed by atoms with van der Waals surface area (Å²) in [5.74, 6) is 4.53. The van der Waals surface area contributed by atoms with Crippen molar-refractivity contribution in [1.29, 1.82) is 0 Å². The molecule has 1 heterocycles. The minimum absolute atomic E-state index is 0.0183. The Morgan fingerprint density at radius 3 is 1.42 bits per heavy atom. The number of hydrogen-bond donors (Lipinski definition) is 0. The quantitative estimate of drug-likeness (QED) is 0.370. The molecule has 43 heavy (non-hydrogen) atoms. The minimum Gasteiger partial charge on any atom is -0.462 e. The molecule has 7 nitrogen and oxygen atoms in total. The second kappa shape index (κ2) is 9.08. The van der Waals surface area contributed by atoms with Crippen LogP contribution in [0.5, 0.6) is 0 Å². The Kier molecular flexibility index (Phi) is 5.64. The first-order chi connectivity index (χ1) is 20.8. The second-order valence-electron chi connectivity index (χ2n) is 17.8. The molecule has 0 N–H and O–H groups in total. The first-order valence-corrected chi connectivity index (χ1v) is 18.0. The van der Waals surface area contributed by atoms with Gasteiger partial charge in [-0.05, 0) is 138 Å². The maximum atomic E-state index is 13.8. The molecule has 1 spiro atoms. The summed E-state index contributed by atoms with van der Waals surface area (Å²) in [6.07, 6.45) is 16.1. The molecule has 0 aromatic rings. The van der Waals surface area contributed by atoms with Crippen LogP contribution in [0, 0.1) is 70.0 Å².